The lowest BCUT2D eigenvalue weighted by atomic mass is 10.2. The van der Waals surface area contributed by atoms with Crippen molar-refractivity contribution in [3.05, 3.63) is 11.1 Å². The van der Waals surface area contributed by atoms with E-state index in [1.807, 2.05) is 12.4 Å². The van der Waals surface area contributed by atoms with Crippen molar-refractivity contribution < 1.29 is 9.90 Å². The van der Waals surface area contributed by atoms with Gasteiger partial charge in [0.05, 0.1) is 12.1 Å². The number of thiazole rings is 1. The average Bonchev–Trinajstić information content (AvgIpc) is 2.74. The Hall–Kier alpha value is -1.14. The Morgan fingerprint density at radius 1 is 1.39 bits per heavy atom. The summed E-state index contributed by atoms with van der Waals surface area (Å²) in [5.74, 6) is -0.774. The van der Waals surface area contributed by atoms with Crippen molar-refractivity contribution in [3.63, 3.8) is 0 Å². The van der Waals surface area contributed by atoms with Crippen LogP contribution >= 0.6 is 11.3 Å². The van der Waals surface area contributed by atoms with Crippen LogP contribution in [0.5, 0.6) is 0 Å². The number of aliphatic carboxylic acids is 1. The van der Waals surface area contributed by atoms with Gasteiger partial charge in [-0.1, -0.05) is 0 Å². The normalized spacial score (nSPS) is 10.9. The number of anilines is 1. The van der Waals surface area contributed by atoms with Gasteiger partial charge < -0.3 is 14.9 Å². The number of hydrogen-bond acceptors (Lipinski definition) is 5. The summed E-state index contributed by atoms with van der Waals surface area (Å²) in [6.07, 6.45) is 1.75. The smallest absolute Gasteiger partial charge is 0.303 e. The molecule has 0 saturated carbocycles. The van der Waals surface area contributed by atoms with Gasteiger partial charge in [-0.05, 0) is 27.1 Å². The zero-order valence-corrected chi connectivity index (χ0v) is 12.0. The SMILES string of the molecule is CN(C)CCCN(C)c1nc(CCC(=O)O)cs1. The number of hydrogen-bond donors (Lipinski definition) is 1. The van der Waals surface area contributed by atoms with Crippen LogP contribution in [0.4, 0.5) is 5.13 Å². The molecular formula is C12H21N3O2S. The predicted molar refractivity (Wildman–Crippen MR) is 74.5 cm³/mol. The van der Waals surface area contributed by atoms with Crippen LogP contribution < -0.4 is 4.90 Å². The maximum absolute atomic E-state index is 10.5. The molecule has 5 nitrogen and oxygen atoms in total. The fourth-order valence-electron chi connectivity index (χ4n) is 1.54. The summed E-state index contributed by atoms with van der Waals surface area (Å²) >= 11 is 1.58. The fourth-order valence-corrected chi connectivity index (χ4v) is 2.39. The van der Waals surface area contributed by atoms with E-state index in [1.54, 1.807) is 11.3 Å². The van der Waals surface area contributed by atoms with E-state index in [0.717, 1.165) is 30.3 Å². The molecule has 0 aromatic carbocycles. The van der Waals surface area contributed by atoms with Crippen LogP contribution in [0, 0.1) is 0 Å². The first kappa shape index (κ1) is 14.9. The van der Waals surface area contributed by atoms with E-state index in [1.165, 1.54) is 0 Å². The van der Waals surface area contributed by atoms with E-state index in [4.69, 9.17) is 5.11 Å². The first-order chi connectivity index (χ1) is 8.49. The minimum Gasteiger partial charge on any atom is -0.481 e. The Labute approximate surface area is 112 Å². The highest BCUT2D eigenvalue weighted by molar-refractivity contribution is 7.13. The maximum Gasteiger partial charge on any atom is 0.303 e. The highest BCUT2D eigenvalue weighted by Crippen LogP contribution is 2.20. The summed E-state index contributed by atoms with van der Waals surface area (Å²) in [5, 5.41) is 11.5. The Balaban J connectivity index is 2.39. The zero-order chi connectivity index (χ0) is 13.5. The van der Waals surface area contributed by atoms with Crippen molar-refractivity contribution in [2.45, 2.75) is 19.3 Å². The lowest BCUT2D eigenvalue weighted by Gasteiger charge is -2.17. The van der Waals surface area contributed by atoms with Crippen LogP contribution in [0.3, 0.4) is 0 Å². The van der Waals surface area contributed by atoms with Gasteiger partial charge in [-0.2, -0.15) is 0 Å². The number of nitrogens with zero attached hydrogens (tertiary/aromatic N) is 3. The minimum atomic E-state index is -0.774. The third-order valence-corrected chi connectivity index (χ3v) is 3.56. The van der Waals surface area contributed by atoms with E-state index >= 15 is 0 Å². The third kappa shape index (κ3) is 5.46. The molecule has 0 spiro atoms. The van der Waals surface area contributed by atoms with Crippen LogP contribution in [-0.4, -0.2) is 55.2 Å². The Morgan fingerprint density at radius 3 is 2.72 bits per heavy atom. The van der Waals surface area contributed by atoms with Gasteiger partial charge in [0.15, 0.2) is 5.13 Å². The molecule has 0 aliphatic rings. The molecule has 0 saturated heterocycles. The molecule has 0 unspecified atom stereocenters. The second-order valence-electron chi connectivity index (χ2n) is 4.59. The third-order valence-electron chi connectivity index (χ3n) is 2.56. The van der Waals surface area contributed by atoms with Crippen molar-refractivity contribution in [1.29, 1.82) is 0 Å². The molecule has 0 atom stereocenters. The van der Waals surface area contributed by atoms with E-state index in [2.05, 4.69) is 28.9 Å². The quantitative estimate of drug-likeness (QED) is 0.777. The van der Waals surface area contributed by atoms with Crippen molar-refractivity contribution in [2.24, 2.45) is 0 Å². The summed E-state index contributed by atoms with van der Waals surface area (Å²) in [6, 6.07) is 0. The molecule has 1 rings (SSSR count). The van der Waals surface area contributed by atoms with Gasteiger partial charge in [0, 0.05) is 25.4 Å². The number of aryl methyl sites for hydroxylation is 1. The van der Waals surface area contributed by atoms with Crippen LogP contribution in [0.1, 0.15) is 18.5 Å². The van der Waals surface area contributed by atoms with E-state index in [-0.39, 0.29) is 6.42 Å². The van der Waals surface area contributed by atoms with Gasteiger partial charge in [0.25, 0.3) is 0 Å². The molecule has 0 amide bonds. The molecular weight excluding hydrogens is 250 g/mol. The van der Waals surface area contributed by atoms with Crippen LogP contribution in [0.2, 0.25) is 0 Å². The second kappa shape index (κ2) is 7.33. The van der Waals surface area contributed by atoms with Crippen molar-refractivity contribution in [2.75, 3.05) is 39.1 Å². The number of rotatable bonds is 8. The molecule has 18 heavy (non-hydrogen) atoms. The van der Waals surface area contributed by atoms with E-state index < -0.39 is 5.97 Å². The van der Waals surface area contributed by atoms with Crippen LogP contribution in [-0.2, 0) is 11.2 Å². The molecule has 1 N–H and O–H groups in total. The van der Waals surface area contributed by atoms with Crippen LogP contribution in [0.15, 0.2) is 5.38 Å². The van der Waals surface area contributed by atoms with E-state index in [9.17, 15) is 4.79 Å². The van der Waals surface area contributed by atoms with Gasteiger partial charge in [-0.3, -0.25) is 4.79 Å². The Morgan fingerprint density at radius 2 is 2.11 bits per heavy atom. The number of aromatic nitrogens is 1. The molecule has 0 aliphatic heterocycles. The molecule has 0 fully saturated rings. The average molecular weight is 271 g/mol. The summed E-state index contributed by atoms with van der Waals surface area (Å²) in [4.78, 5) is 19.2. The predicted octanol–water partition coefficient (Wildman–Crippen LogP) is 1.55. The standard InChI is InChI=1S/C12H21N3O2S/c1-14(2)7-4-8-15(3)12-13-10(9-18-12)5-6-11(16)17/h9H,4-8H2,1-3H3,(H,16,17). The van der Waals surface area contributed by atoms with E-state index in [0.29, 0.717) is 6.42 Å². The highest BCUT2D eigenvalue weighted by Gasteiger charge is 2.08. The van der Waals surface area contributed by atoms with Gasteiger partial charge in [-0.15, -0.1) is 11.3 Å². The fraction of sp³-hybridized carbons (Fsp3) is 0.667. The lowest BCUT2D eigenvalue weighted by molar-refractivity contribution is -0.136. The van der Waals surface area contributed by atoms with Gasteiger partial charge in [-0.25, -0.2) is 4.98 Å². The first-order valence-electron chi connectivity index (χ1n) is 6.01. The summed E-state index contributed by atoms with van der Waals surface area (Å²) in [5.41, 5.74) is 0.872. The zero-order valence-electron chi connectivity index (χ0n) is 11.2. The van der Waals surface area contributed by atoms with Crippen molar-refractivity contribution in [1.82, 2.24) is 9.88 Å². The maximum atomic E-state index is 10.5. The molecule has 1 aromatic heterocycles. The largest absolute Gasteiger partial charge is 0.481 e. The Bertz CT molecular complexity index is 379. The number of carboxylic acid groups (broad SMARTS) is 1. The Kier molecular flexibility index (Phi) is 6.07. The summed E-state index contributed by atoms with van der Waals surface area (Å²) < 4.78 is 0. The number of carboxylic acids is 1. The molecule has 6 heteroatoms. The van der Waals surface area contributed by atoms with Crippen LogP contribution in [0.25, 0.3) is 0 Å². The highest BCUT2D eigenvalue weighted by atomic mass is 32.1. The first-order valence-corrected chi connectivity index (χ1v) is 6.89. The van der Waals surface area contributed by atoms with Gasteiger partial charge >= 0.3 is 5.97 Å². The number of carbonyl (C=O) groups is 1. The molecule has 102 valence electrons. The summed E-state index contributed by atoms with van der Waals surface area (Å²) in [6.45, 7) is 2.02. The summed E-state index contributed by atoms with van der Waals surface area (Å²) in [7, 11) is 6.15. The molecule has 0 aliphatic carbocycles. The van der Waals surface area contributed by atoms with Crippen molar-refractivity contribution >= 4 is 22.4 Å². The monoisotopic (exact) mass is 271 g/mol. The lowest BCUT2D eigenvalue weighted by Crippen LogP contribution is -2.23. The van der Waals surface area contributed by atoms with Crippen molar-refractivity contribution in [3.8, 4) is 0 Å². The molecule has 1 aromatic rings. The topological polar surface area (TPSA) is 56.7 Å². The minimum absolute atomic E-state index is 0.146. The van der Waals surface area contributed by atoms with Gasteiger partial charge in [0.1, 0.15) is 0 Å². The molecule has 0 radical (unpaired) electrons. The molecule has 1 heterocycles. The second-order valence-corrected chi connectivity index (χ2v) is 5.43. The molecule has 0 bridgehead atoms. The van der Waals surface area contributed by atoms with Gasteiger partial charge in [0.2, 0.25) is 0 Å².